The largest absolute Gasteiger partial charge is 0.449 e. The Labute approximate surface area is 158 Å². The molecule has 2 rings (SSSR count). The summed E-state index contributed by atoms with van der Waals surface area (Å²) in [5.41, 5.74) is 0.152. The predicted octanol–water partition coefficient (Wildman–Crippen LogP) is 3.79. The van der Waals surface area contributed by atoms with E-state index in [2.05, 4.69) is 10.3 Å². The number of pyridine rings is 1. The maximum Gasteiger partial charge on any atom is 0.339 e. The van der Waals surface area contributed by atoms with Crippen LogP contribution in [0.15, 0.2) is 30.5 Å². The van der Waals surface area contributed by atoms with E-state index in [1.54, 1.807) is 6.92 Å². The predicted molar refractivity (Wildman–Crippen MR) is 95.6 cm³/mol. The highest BCUT2D eigenvalue weighted by atomic mass is 35.5. The quantitative estimate of drug-likeness (QED) is 0.466. The van der Waals surface area contributed by atoms with Gasteiger partial charge in [-0.05, 0) is 26.0 Å². The summed E-state index contributed by atoms with van der Waals surface area (Å²) in [6, 6.07) is 5.30. The minimum absolute atomic E-state index is 0.0374. The lowest BCUT2D eigenvalue weighted by atomic mass is 10.1. The van der Waals surface area contributed by atoms with Gasteiger partial charge >= 0.3 is 5.97 Å². The summed E-state index contributed by atoms with van der Waals surface area (Å²) >= 11 is 11.6. The van der Waals surface area contributed by atoms with Gasteiger partial charge in [0.2, 0.25) is 0 Å². The lowest BCUT2D eigenvalue weighted by Gasteiger charge is -2.14. The van der Waals surface area contributed by atoms with Crippen LogP contribution < -0.4 is 5.32 Å². The number of benzene rings is 1. The molecule has 0 saturated carbocycles. The summed E-state index contributed by atoms with van der Waals surface area (Å²) in [5.74, 6) is -1.47. The SMILES string of the molecule is Cc1ccc(C(=O)OC(C)C(=O)Nc2ncc(Cl)cc2Cl)cc1[N+](=O)[O-]. The smallest absolute Gasteiger partial charge is 0.339 e. The van der Waals surface area contributed by atoms with E-state index < -0.39 is 22.9 Å². The Balaban J connectivity index is 2.07. The number of rotatable bonds is 5. The molecule has 26 heavy (non-hydrogen) atoms. The summed E-state index contributed by atoms with van der Waals surface area (Å²) in [6.07, 6.45) is 0.113. The first-order chi connectivity index (χ1) is 12.2. The van der Waals surface area contributed by atoms with Crippen molar-refractivity contribution in [2.45, 2.75) is 20.0 Å². The Bertz CT molecular complexity index is 888. The van der Waals surface area contributed by atoms with Crippen LogP contribution in [0.5, 0.6) is 0 Å². The summed E-state index contributed by atoms with van der Waals surface area (Å²) in [5, 5.41) is 13.8. The number of hydrogen-bond acceptors (Lipinski definition) is 6. The van der Waals surface area contributed by atoms with Gasteiger partial charge in [-0.1, -0.05) is 29.3 Å². The number of aryl methyl sites for hydroxylation is 1. The van der Waals surface area contributed by atoms with Crippen LogP contribution in [0, 0.1) is 17.0 Å². The molecule has 2 aromatic rings. The zero-order chi connectivity index (χ0) is 19.4. The molecule has 0 radical (unpaired) electrons. The fourth-order valence-electron chi connectivity index (χ4n) is 1.94. The summed E-state index contributed by atoms with van der Waals surface area (Å²) in [7, 11) is 0. The molecule has 1 heterocycles. The van der Waals surface area contributed by atoms with Crippen molar-refractivity contribution in [3.8, 4) is 0 Å². The lowest BCUT2D eigenvalue weighted by Crippen LogP contribution is -2.30. The van der Waals surface area contributed by atoms with Gasteiger partial charge in [0, 0.05) is 17.8 Å². The molecule has 1 unspecified atom stereocenters. The van der Waals surface area contributed by atoms with Crippen molar-refractivity contribution in [3.05, 3.63) is 61.7 Å². The molecule has 0 fully saturated rings. The first-order valence-corrected chi connectivity index (χ1v) is 8.02. The summed E-state index contributed by atoms with van der Waals surface area (Å²) < 4.78 is 5.04. The zero-order valence-electron chi connectivity index (χ0n) is 13.7. The van der Waals surface area contributed by atoms with E-state index in [1.165, 1.54) is 31.3 Å². The van der Waals surface area contributed by atoms with E-state index in [0.717, 1.165) is 6.07 Å². The number of halogens is 2. The van der Waals surface area contributed by atoms with Gasteiger partial charge in [-0.2, -0.15) is 0 Å². The van der Waals surface area contributed by atoms with Crippen LogP contribution in [0.25, 0.3) is 0 Å². The van der Waals surface area contributed by atoms with Crippen molar-refractivity contribution in [1.82, 2.24) is 4.98 Å². The molecule has 0 bridgehead atoms. The van der Waals surface area contributed by atoms with Crippen LogP contribution in [0.3, 0.4) is 0 Å². The third-order valence-electron chi connectivity index (χ3n) is 3.34. The number of esters is 1. The van der Waals surface area contributed by atoms with E-state index in [4.69, 9.17) is 27.9 Å². The number of carbonyl (C=O) groups excluding carboxylic acids is 2. The van der Waals surface area contributed by atoms with E-state index >= 15 is 0 Å². The Hall–Kier alpha value is -2.71. The molecule has 0 aliphatic rings. The lowest BCUT2D eigenvalue weighted by molar-refractivity contribution is -0.385. The van der Waals surface area contributed by atoms with Gasteiger partial charge in [0.1, 0.15) is 0 Å². The fraction of sp³-hybridized carbons (Fsp3) is 0.188. The van der Waals surface area contributed by atoms with Crippen molar-refractivity contribution >= 4 is 46.6 Å². The van der Waals surface area contributed by atoms with Crippen LogP contribution >= 0.6 is 23.2 Å². The molecule has 0 aliphatic carbocycles. The summed E-state index contributed by atoms with van der Waals surface area (Å²) in [4.78, 5) is 38.5. The van der Waals surface area contributed by atoms with Crippen LogP contribution in [0.1, 0.15) is 22.8 Å². The van der Waals surface area contributed by atoms with Crippen LogP contribution in [-0.2, 0) is 9.53 Å². The monoisotopic (exact) mass is 397 g/mol. The average molecular weight is 398 g/mol. The Morgan fingerprint density at radius 1 is 1.31 bits per heavy atom. The number of nitrogens with one attached hydrogen (secondary N) is 1. The minimum Gasteiger partial charge on any atom is -0.449 e. The number of ether oxygens (including phenoxy) is 1. The van der Waals surface area contributed by atoms with Crippen LogP contribution in [-0.4, -0.2) is 27.9 Å². The molecule has 0 spiro atoms. The number of aromatic nitrogens is 1. The molecule has 10 heteroatoms. The number of nitrogens with zero attached hydrogens (tertiary/aromatic N) is 2. The second-order valence-corrected chi connectivity index (χ2v) is 6.12. The molecule has 1 N–H and O–H groups in total. The van der Waals surface area contributed by atoms with Gasteiger partial charge in [-0.3, -0.25) is 14.9 Å². The third-order valence-corrected chi connectivity index (χ3v) is 3.84. The van der Waals surface area contributed by atoms with E-state index in [-0.39, 0.29) is 22.1 Å². The Morgan fingerprint density at radius 2 is 2.00 bits per heavy atom. The second-order valence-electron chi connectivity index (χ2n) is 5.28. The Kier molecular flexibility index (Phi) is 6.12. The van der Waals surface area contributed by atoms with Gasteiger partial charge in [0.25, 0.3) is 11.6 Å². The van der Waals surface area contributed by atoms with Gasteiger partial charge in [-0.15, -0.1) is 0 Å². The van der Waals surface area contributed by atoms with Crippen molar-refractivity contribution in [3.63, 3.8) is 0 Å². The van der Waals surface area contributed by atoms with Gasteiger partial charge in [0.15, 0.2) is 11.9 Å². The first kappa shape index (κ1) is 19.6. The highest BCUT2D eigenvalue weighted by Gasteiger charge is 2.22. The average Bonchev–Trinajstić information content (AvgIpc) is 2.57. The molecule has 0 saturated heterocycles. The highest BCUT2D eigenvalue weighted by molar-refractivity contribution is 6.36. The summed E-state index contributed by atoms with van der Waals surface area (Å²) in [6.45, 7) is 2.89. The molecule has 1 aromatic carbocycles. The second kappa shape index (κ2) is 8.11. The number of anilines is 1. The topological polar surface area (TPSA) is 111 Å². The first-order valence-electron chi connectivity index (χ1n) is 7.27. The number of nitro benzene ring substituents is 1. The molecular formula is C16H13Cl2N3O5. The van der Waals surface area contributed by atoms with E-state index in [1.807, 2.05) is 0 Å². The van der Waals surface area contributed by atoms with Crippen molar-refractivity contribution in [1.29, 1.82) is 0 Å². The molecule has 8 nitrogen and oxygen atoms in total. The molecule has 0 aliphatic heterocycles. The van der Waals surface area contributed by atoms with Crippen LogP contribution in [0.4, 0.5) is 11.5 Å². The fourth-order valence-corrected chi connectivity index (χ4v) is 2.37. The van der Waals surface area contributed by atoms with E-state index in [9.17, 15) is 19.7 Å². The maximum absolute atomic E-state index is 12.1. The van der Waals surface area contributed by atoms with Gasteiger partial charge in [0.05, 0.1) is 20.5 Å². The number of hydrogen-bond donors (Lipinski definition) is 1. The van der Waals surface area contributed by atoms with Crippen LogP contribution in [0.2, 0.25) is 10.0 Å². The zero-order valence-corrected chi connectivity index (χ0v) is 15.2. The standard InChI is InChI=1S/C16H13Cl2N3O5/c1-8-3-4-10(5-13(8)21(24)25)16(23)26-9(2)15(22)20-14-12(18)6-11(17)7-19-14/h3-7,9H,1-2H3,(H,19,20,22). The van der Waals surface area contributed by atoms with E-state index in [0.29, 0.717) is 10.6 Å². The molecular weight excluding hydrogens is 385 g/mol. The minimum atomic E-state index is -1.18. The third kappa shape index (κ3) is 4.68. The van der Waals surface area contributed by atoms with Gasteiger partial charge in [-0.25, -0.2) is 9.78 Å². The normalized spacial score (nSPS) is 11.5. The molecule has 136 valence electrons. The number of nitro groups is 1. The van der Waals surface area contributed by atoms with Crippen molar-refractivity contribution < 1.29 is 19.2 Å². The molecule has 1 atom stereocenters. The maximum atomic E-state index is 12.1. The van der Waals surface area contributed by atoms with Crippen molar-refractivity contribution in [2.24, 2.45) is 0 Å². The molecule has 1 amide bonds. The number of carbonyl (C=O) groups is 2. The van der Waals surface area contributed by atoms with Crippen molar-refractivity contribution in [2.75, 3.05) is 5.32 Å². The number of amides is 1. The van der Waals surface area contributed by atoms with Gasteiger partial charge < -0.3 is 10.1 Å². The molecule has 1 aromatic heterocycles. The highest BCUT2D eigenvalue weighted by Crippen LogP contribution is 2.23. The Morgan fingerprint density at radius 3 is 2.62 bits per heavy atom.